The van der Waals surface area contributed by atoms with Crippen LogP contribution in [0.5, 0.6) is 0 Å². The Balaban J connectivity index is 1.03. The molecule has 4 saturated carbocycles. The van der Waals surface area contributed by atoms with Crippen LogP contribution in [0.3, 0.4) is 0 Å². The van der Waals surface area contributed by atoms with Crippen LogP contribution in [-0.4, -0.2) is 38.2 Å². The number of aliphatic hydroxyl groups is 1. The summed E-state index contributed by atoms with van der Waals surface area (Å²) in [5.41, 5.74) is 4.81. The second-order valence-electron chi connectivity index (χ2n) is 12.3. The van der Waals surface area contributed by atoms with Gasteiger partial charge in [-0.2, -0.15) is 0 Å². The minimum atomic E-state index is -0.389. The van der Waals surface area contributed by atoms with E-state index in [2.05, 4.69) is 49.8 Å². The van der Waals surface area contributed by atoms with Crippen LogP contribution in [0.25, 0.3) is 11.3 Å². The van der Waals surface area contributed by atoms with Crippen LogP contribution in [0, 0.1) is 23.7 Å². The average molecular weight is 526 g/mol. The van der Waals surface area contributed by atoms with Crippen molar-refractivity contribution in [1.82, 2.24) is 14.9 Å². The number of amides is 3. The van der Waals surface area contributed by atoms with Gasteiger partial charge in [-0.25, -0.2) is 9.78 Å². The zero-order valence-corrected chi connectivity index (χ0v) is 22.1. The standard InChI is InChI=1S/C31H35N5O3/c1-18(37)33-22-6-8-23(9-7-22)34-30(39)35-31-13-19-10-20(14-31)29(21(11-19)15-31)28(38)12-26-24-4-2-3-5-25(24)27-16-32-17-36(26)27/h2-9,16-17,19-21,26,28-29,38H,10-15H2,1H3,(H,33,37)(H2,34,35,39). The minimum absolute atomic E-state index is 0.112. The van der Waals surface area contributed by atoms with Crippen molar-refractivity contribution in [3.05, 3.63) is 66.6 Å². The Morgan fingerprint density at radius 3 is 2.44 bits per heavy atom. The molecule has 202 valence electrons. The van der Waals surface area contributed by atoms with Crippen LogP contribution >= 0.6 is 0 Å². The Kier molecular flexibility index (Phi) is 5.77. The van der Waals surface area contributed by atoms with Crippen molar-refractivity contribution >= 4 is 23.3 Å². The number of nitrogens with zero attached hydrogens (tertiary/aromatic N) is 2. The zero-order valence-electron chi connectivity index (χ0n) is 22.1. The van der Waals surface area contributed by atoms with E-state index in [1.807, 2.05) is 12.5 Å². The molecule has 2 aromatic carbocycles. The summed E-state index contributed by atoms with van der Waals surface area (Å²) < 4.78 is 2.22. The predicted octanol–water partition coefficient (Wildman–Crippen LogP) is 5.18. The number of imidazole rings is 1. The van der Waals surface area contributed by atoms with Gasteiger partial charge in [-0.05, 0) is 92.0 Å². The predicted molar refractivity (Wildman–Crippen MR) is 149 cm³/mol. The highest BCUT2D eigenvalue weighted by molar-refractivity contribution is 5.91. The molecule has 8 rings (SSSR count). The van der Waals surface area contributed by atoms with Crippen molar-refractivity contribution in [3.63, 3.8) is 0 Å². The number of benzene rings is 2. The lowest BCUT2D eigenvalue weighted by molar-refractivity contribution is -0.114. The molecule has 0 saturated heterocycles. The Bertz CT molecular complexity index is 1400. The highest BCUT2D eigenvalue weighted by atomic mass is 16.3. The molecule has 3 aromatic rings. The second kappa shape index (κ2) is 9.23. The minimum Gasteiger partial charge on any atom is -0.393 e. The fraction of sp³-hybridized carbons (Fsp3) is 0.452. The lowest BCUT2D eigenvalue weighted by Gasteiger charge is -2.61. The molecule has 8 heteroatoms. The van der Waals surface area contributed by atoms with E-state index in [1.165, 1.54) is 18.1 Å². The number of hydrogen-bond acceptors (Lipinski definition) is 4. The van der Waals surface area contributed by atoms with Crippen molar-refractivity contribution < 1.29 is 14.7 Å². The van der Waals surface area contributed by atoms with E-state index in [0.717, 1.165) is 37.8 Å². The topological polar surface area (TPSA) is 108 Å². The Morgan fingerprint density at radius 2 is 1.72 bits per heavy atom. The van der Waals surface area contributed by atoms with Crippen LogP contribution < -0.4 is 16.0 Å². The quantitative estimate of drug-likeness (QED) is 0.356. The number of rotatable bonds is 6. The first-order valence-corrected chi connectivity index (χ1v) is 14.1. The lowest BCUT2D eigenvalue weighted by atomic mass is 9.48. The molecule has 4 fully saturated rings. The number of hydrogen-bond donors (Lipinski definition) is 4. The molecule has 1 aliphatic heterocycles. The van der Waals surface area contributed by atoms with Crippen molar-refractivity contribution in [2.75, 3.05) is 10.6 Å². The third-order valence-electron chi connectivity index (χ3n) is 9.69. The molecule has 4 atom stereocenters. The monoisotopic (exact) mass is 525 g/mol. The molecule has 3 amide bonds. The number of carbonyl (C=O) groups excluding carboxylic acids is 2. The normalized spacial score (nSPS) is 30.4. The van der Waals surface area contributed by atoms with Gasteiger partial charge in [0.2, 0.25) is 5.91 Å². The summed E-state index contributed by atoms with van der Waals surface area (Å²) in [4.78, 5) is 28.7. The maximum Gasteiger partial charge on any atom is 0.319 e. The SMILES string of the molecule is CC(=O)Nc1ccc(NC(=O)NC23CC4CC(C2)C(C(O)CC2c5ccccc5-c5cncn52)C(C4)C3)cc1. The van der Waals surface area contributed by atoms with Gasteiger partial charge in [0, 0.05) is 29.4 Å². The first-order valence-electron chi connectivity index (χ1n) is 14.1. The Morgan fingerprint density at radius 1 is 1.03 bits per heavy atom. The van der Waals surface area contributed by atoms with E-state index in [4.69, 9.17) is 0 Å². The number of fused-ring (bicyclic) bond motifs is 3. The van der Waals surface area contributed by atoms with Gasteiger partial charge in [0.05, 0.1) is 30.4 Å². The van der Waals surface area contributed by atoms with E-state index in [9.17, 15) is 14.7 Å². The summed E-state index contributed by atoms with van der Waals surface area (Å²) in [7, 11) is 0. The van der Waals surface area contributed by atoms with E-state index in [1.54, 1.807) is 24.3 Å². The number of anilines is 2. The first kappa shape index (κ1) is 24.4. The summed E-state index contributed by atoms with van der Waals surface area (Å²) in [6.45, 7) is 1.47. The van der Waals surface area contributed by atoms with Gasteiger partial charge >= 0.3 is 6.03 Å². The molecule has 4 unspecified atom stereocenters. The number of aliphatic hydroxyl groups excluding tert-OH is 1. The van der Waals surface area contributed by atoms with Gasteiger partial charge < -0.3 is 25.6 Å². The van der Waals surface area contributed by atoms with Gasteiger partial charge in [0.15, 0.2) is 0 Å². The summed E-state index contributed by atoms with van der Waals surface area (Å²) in [6.07, 6.45) is 9.28. The molecule has 1 aromatic heterocycles. The Labute approximate surface area is 228 Å². The van der Waals surface area contributed by atoms with E-state index in [0.29, 0.717) is 35.5 Å². The average Bonchev–Trinajstić information content (AvgIpc) is 3.46. The van der Waals surface area contributed by atoms with Crippen LogP contribution in [0.4, 0.5) is 16.2 Å². The van der Waals surface area contributed by atoms with Crippen molar-refractivity contribution in [3.8, 4) is 11.3 Å². The first-order chi connectivity index (χ1) is 18.9. The van der Waals surface area contributed by atoms with Crippen molar-refractivity contribution in [1.29, 1.82) is 0 Å². The van der Waals surface area contributed by atoms with Crippen LogP contribution in [-0.2, 0) is 4.79 Å². The highest BCUT2D eigenvalue weighted by Gasteiger charge is 2.57. The third kappa shape index (κ3) is 4.31. The zero-order chi connectivity index (χ0) is 26.7. The van der Waals surface area contributed by atoms with Gasteiger partial charge in [-0.3, -0.25) is 4.79 Å². The molecular weight excluding hydrogens is 490 g/mol. The van der Waals surface area contributed by atoms with E-state index >= 15 is 0 Å². The van der Waals surface area contributed by atoms with Gasteiger partial charge in [-0.15, -0.1) is 0 Å². The summed E-state index contributed by atoms with van der Waals surface area (Å²) in [5, 5.41) is 20.8. The molecule has 4 bridgehead atoms. The highest BCUT2D eigenvalue weighted by Crippen LogP contribution is 2.60. The van der Waals surface area contributed by atoms with Gasteiger partial charge in [0.1, 0.15) is 0 Å². The maximum absolute atomic E-state index is 13.1. The fourth-order valence-corrected chi connectivity index (χ4v) is 8.65. The number of aromatic nitrogens is 2. The fourth-order valence-electron chi connectivity index (χ4n) is 8.65. The molecule has 39 heavy (non-hydrogen) atoms. The van der Waals surface area contributed by atoms with Crippen LogP contribution in [0.1, 0.15) is 57.1 Å². The smallest absolute Gasteiger partial charge is 0.319 e. The molecule has 5 aliphatic rings. The van der Waals surface area contributed by atoms with Crippen molar-refractivity contribution in [2.24, 2.45) is 23.7 Å². The number of urea groups is 1. The molecular formula is C31H35N5O3. The number of carbonyl (C=O) groups is 2. The second-order valence-corrected chi connectivity index (χ2v) is 12.3. The van der Waals surface area contributed by atoms with Gasteiger partial charge in [-0.1, -0.05) is 24.3 Å². The summed E-state index contributed by atoms with van der Waals surface area (Å²) in [5.74, 6) is 1.58. The van der Waals surface area contributed by atoms with Crippen molar-refractivity contribution in [2.45, 2.75) is 63.1 Å². The largest absolute Gasteiger partial charge is 0.393 e. The maximum atomic E-state index is 13.1. The summed E-state index contributed by atoms with van der Waals surface area (Å²) in [6, 6.07) is 15.6. The van der Waals surface area contributed by atoms with Gasteiger partial charge in [0.25, 0.3) is 0 Å². The lowest BCUT2D eigenvalue weighted by Crippen LogP contribution is -2.64. The molecule has 0 spiro atoms. The van der Waals surface area contributed by atoms with Crippen LogP contribution in [0.2, 0.25) is 0 Å². The molecule has 4 N–H and O–H groups in total. The number of nitrogens with one attached hydrogen (secondary N) is 3. The third-order valence-corrected chi connectivity index (χ3v) is 9.69. The molecule has 0 radical (unpaired) electrons. The van der Waals surface area contributed by atoms with E-state index < -0.39 is 0 Å². The summed E-state index contributed by atoms with van der Waals surface area (Å²) >= 11 is 0. The molecule has 8 nitrogen and oxygen atoms in total. The van der Waals surface area contributed by atoms with Crippen LogP contribution in [0.15, 0.2) is 61.1 Å². The molecule has 4 aliphatic carbocycles. The Hall–Kier alpha value is -3.65. The molecule has 2 heterocycles. The van der Waals surface area contributed by atoms with E-state index in [-0.39, 0.29) is 35.5 Å².